The summed E-state index contributed by atoms with van der Waals surface area (Å²) in [5.74, 6) is -2.22. The Labute approximate surface area is 265 Å². The monoisotopic (exact) mass is 612 g/mol. The zero-order chi connectivity index (χ0) is 31.8. The first-order chi connectivity index (χ1) is 21.0. The molecule has 43 heavy (non-hydrogen) atoms. The van der Waals surface area contributed by atoms with Crippen LogP contribution in [0.5, 0.6) is 0 Å². The molecule has 0 saturated carbocycles. The van der Waals surface area contributed by atoms with Gasteiger partial charge in [0, 0.05) is 6.42 Å². The van der Waals surface area contributed by atoms with E-state index in [1.807, 2.05) is 14.0 Å². The van der Waals surface area contributed by atoms with Crippen LogP contribution in [0.2, 0.25) is 0 Å². The van der Waals surface area contributed by atoms with Crippen LogP contribution in [0, 0.1) is 0 Å². The maximum absolute atomic E-state index is 12.7. The molecule has 0 atom stereocenters. The number of ether oxygens (including phenoxy) is 3. The van der Waals surface area contributed by atoms with Crippen LogP contribution in [0.25, 0.3) is 0 Å². The second-order valence-electron chi connectivity index (χ2n) is 12.3. The quantitative estimate of drug-likeness (QED) is 0.0324. The van der Waals surface area contributed by atoms with Gasteiger partial charge in [0.1, 0.15) is 0 Å². The highest BCUT2D eigenvalue weighted by molar-refractivity contribution is 5.99. The highest BCUT2D eigenvalue weighted by atomic mass is 16.6. The van der Waals surface area contributed by atoms with Crippen molar-refractivity contribution in [3.05, 3.63) is 0 Å². The summed E-state index contributed by atoms with van der Waals surface area (Å²) in [5.41, 5.74) is 0. The number of hydrogen-bond acceptors (Lipinski definition) is 7. The van der Waals surface area contributed by atoms with Crippen molar-refractivity contribution >= 4 is 17.9 Å². The maximum atomic E-state index is 12.7. The molecule has 0 saturated heterocycles. The van der Waals surface area contributed by atoms with Crippen molar-refractivity contribution in [3.63, 3.8) is 0 Å². The van der Waals surface area contributed by atoms with Crippen LogP contribution in [-0.4, -0.2) is 62.3 Å². The molecule has 0 bridgehead atoms. The Morgan fingerprint density at radius 2 is 0.860 bits per heavy atom. The molecule has 7 heteroatoms. The fourth-order valence-electron chi connectivity index (χ4n) is 5.06. The first kappa shape index (κ1) is 41.4. The number of rotatable bonds is 32. The lowest BCUT2D eigenvalue weighted by atomic mass is 10.1. The fraction of sp³-hybridized carbons (Fsp3) is 0.917. The van der Waals surface area contributed by atoms with Crippen LogP contribution in [0.3, 0.4) is 0 Å². The second-order valence-corrected chi connectivity index (χ2v) is 12.3. The van der Waals surface area contributed by atoms with E-state index in [4.69, 9.17) is 14.2 Å². The van der Waals surface area contributed by atoms with Crippen LogP contribution >= 0.6 is 0 Å². The van der Waals surface area contributed by atoms with E-state index in [1.165, 1.54) is 103 Å². The maximum Gasteiger partial charge on any atom is 0.359 e. The molecular weight excluding hydrogens is 542 g/mol. The van der Waals surface area contributed by atoms with E-state index in [1.54, 1.807) is 0 Å². The molecule has 0 rings (SSSR count). The van der Waals surface area contributed by atoms with Gasteiger partial charge >= 0.3 is 17.9 Å². The van der Waals surface area contributed by atoms with Crippen LogP contribution < -0.4 is 0 Å². The predicted octanol–water partition coefficient (Wildman–Crippen LogP) is 9.34. The summed E-state index contributed by atoms with van der Waals surface area (Å²) in [5, 5.41) is 0. The average molecular weight is 612 g/mol. The number of esters is 3. The molecule has 0 aliphatic heterocycles. The number of hydrogen-bond donors (Lipinski definition) is 0. The number of carbonyl (C=O) groups excluding carboxylic acids is 3. The van der Waals surface area contributed by atoms with E-state index in [0.29, 0.717) is 6.42 Å². The average Bonchev–Trinajstić information content (AvgIpc) is 3.00. The van der Waals surface area contributed by atoms with Gasteiger partial charge in [-0.1, -0.05) is 149 Å². The van der Waals surface area contributed by atoms with Crippen molar-refractivity contribution in [1.29, 1.82) is 0 Å². The highest BCUT2D eigenvalue weighted by Crippen LogP contribution is 2.13. The normalized spacial score (nSPS) is 11.3. The van der Waals surface area contributed by atoms with Crippen molar-refractivity contribution in [2.75, 3.05) is 33.4 Å². The summed E-state index contributed by atoms with van der Waals surface area (Å²) in [6.07, 6.45) is 25.5. The lowest BCUT2D eigenvalue weighted by molar-refractivity contribution is -0.180. The number of carbonyl (C=O) groups is 3. The lowest BCUT2D eigenvalue weighted by Gasteiger charge is -2.17. The van der Waals surface area contributed by atoms with Gasteiger partial charge in [-0.2, -0.15) is 0 Å². The van der Waals surface area contributed by atoms with Crippen molar-refractivity contribution in [3.8, 4) is 0 Å². The van der Waals surface area contributed by atoms with Crippen molar-refractivity contribution in [2.45, 2.75) is 181 Å². The van der Waals surface area contributed by atoms with Gasteiger partial charge in [0.15, 0.2) is 0 Å². The van der Waals surface area contributed by atoms with Gasteiger partial charge in [-0.3, -0.25) is 4.79 Å². The molecule has 0 fully saturated rings. The Bertz CT molecular complexity index is 616. The van der Waals surface area contributed by atoms with Gasteiger partial charge in [-0.25, -0.2) is 9.59 Å². The lowest BCUT2D eigenvalue weighted by Crippen LogP contribution is -2.38. The third-order valence-electron chi connectivity index (χ3n) is 8.12. The summed E-state index contributed by atoms with van der Waals surface area (Å²) in [4.78, 5) is 40.0. The molecule has 0 aromatic heterocycles. The Balaban J connectivity index is 4.33. The first-order valence-electron chi connectivity index (χ1n) is 18.2. The van der Waals surface area contributed by atoms with Gasteiger partial charge in [-0.15, -0.1) is 0 Å². The predicted molar refractivity (Wildman–Crippen MR) is 177 cm³/mol. The molecule has 0 radical (unpaired) electrons. The zero-order valence-electron chi connectivity index (χ0n) is 28.8. The number of unbranched alkanes of at least 4 members (excludes halogenated alkanes) is 20. The molecule has 254 valence electrons. The summed E-state index contributed by atoms with van der Waals surface area (Å²) >= 11 is 0. The van der Waals surface area contributed by atoms with Gasteiger partial charge in [0.25, 0.3) is 6.10 Å². The molecule has 0 amide bonds. The minimum absolute atomic E-state index is 0.138. The molecule has 7 nitrogen and oxygen atoms in total. The molecule has 0 aliphatic carbocycles. The largest absolute Gasteiger partial charge is 0.462 e. The Morgan fingerprint density at radius 3 is 1.21 bits per heavy atom. The van der Waals surface area contributed by atoms with Crippen LogP contribution in [-0.2, 0) is 28.6 Å². The molecule has 0 N–H and O–H groups in total. The molecule has 0 heterocycles. The fourth-order valence-corrected chi connectivity index (χ4v) is 5.06. The third-order valence-corrected chi connectivity index (χ3v) is 8.12. The van der Waals surface area contributed by atoms with Crippen molar-refractivity contribution in [1.82, 2.24) is 4.90 Å². The Morgan fingerprint density at radius 1 is 0.512 bits per heavy atom. The van der Waals surface area contributed by atoms with Crippen LogP contribution in [0.1, 0.15) is 175 Å². The van der Waals surface area contributed by atoms with Gasteiger partial charge < -0.3 is 19.1 Å². The molecular formula is C36H69NO6. The first-order valence-corrected chi connectivity index (χ1v) is 18.2. The molecule has 0 aromatic carbocycles. The van der Waals surface area contributed by atoms with Crippen LogP contribution in [0.15, 0.2) is 0 Å². The van der Waals surface area contributed by atoms with E-state index in [9.17, 15) is 14.4 Å². The van der Waals surface area contributed by atoms with E-state index >= 15 is 0 Å². The third kappa shape index (κ3) is 27.6. The molecule has 0 aliphatic rings. The molecule has 0 spiro atoms. The van der Waals surface area contributed by atoms with Crippen molar-refractivity contribution in [2.24, 2.45) is 0 Å². The summed E-state index contributed by atoms with van der Waals surface area (Å²) in [6, 6.07) is 0. The topological polar surface area (TPSA) is 82.1 Å². The second kappa shape index (κ2) is 31.8. The molecule has 0 aromatic rings. The van der Waals surface area contributed by atoms with E-state index in [2.05, 4.69) is 18.7 Å². The van der Waals surface area contributed by atoms with E-state index in [-0.39, 0.29) is 19.6 Å². The van der Waals surface area contributed by atoms with Crippen molar-refractivity contribution < 1.29 is 28.6 Å². The van der Waals surface area contributed by atoms with Crippen LogP contribution in [0.4, 0.5) is 0 Å². The smallest absolute Gasteiger partial charge is 0.359 e. The minimum Gasteiger partial charge on any atom is -0.462 e. The molecule has 0 unspecified atom stereocenters. The zero-order valence-corrected chi connectivity index (χ0v) is 28.8. The summed E-state index contributed by atoms with van der Waals surface area (Å²) < 4.78 is 16.0. The summed E-state index contributed by atoms with van der Waals surface area (Å²) in [6.45, 7) is 8.59. The number of nitrogens with zero attached hydrogens (tertiary/aromatic N) is 1. The summed E-state index contributed by atoms with van der Waals surface area (Å²) in [7, 11) is 1.98. The van der Waals surface area contributed by atoms with E-state index < -0.39 is 24.0 Å². The highest BCUT2D eigenvalue weighted by Gasteiger charge is 2.33. The van der Waals surface area contributed by atoms with Gasteiger partial charge in [0.05, 0.1) is 13.2 Å². The minimum atomic E-state index is -1.64. The van der Waals surface area contributed by atoms with Gasteiger partial charge in [0.2, 0.25) is 0 Å². The SMILES string of the molecule is CCCCCCCCCCCCCOC(=O)C(OC(=O)CCCN(C)CC)C(=O)OCCCCCCCCCCCCC. The standard InChI is InChI=1S/C36H69NO6/c1-5-8-10-12-14-16-18-20-22-24-26-31-41-35(39)34(43-33(38)29-28-30-37(4)7-3)36(40)42-32-27-25-23-21-19-17-15-13-11-9-6-2/h34H,5-32H2,1-4H3. The van der Waals surface area contributed by atoms with E-state index in [0.717, 1.165) is 51.6 Å². The Kier molecular flexibility index (Phi) is 30.6. The Hall–Kier alpha value is -1.63. The van der Waals surface area contributed by atoms with Gasteiger partial charge in [-0.05, 0) is 39.4 Å².